The maximum Gasteiger partial charge on any atom is 0.264 e. The standard InChI is InChI=1S/C10H17NO3S/c1-4-10-6-5-9(2)11(10)7-8-14-15(3,12)13/h5-6H,4,7-8H2,1-3H3. The van der Waals surface area contributed by atoms with Crippen molar-refractivity contribution >= 4 is 10.1 Å². The minimum absolute atomic E-state index is 0.196. The fourth-order valence-electron chi connectivity index (χ4n) is 1.53. The molecular weight excluding hydrogens is 214 g/mol. The van der Waals surface area contributed by atoms with Crippen LogP contribution in [0.5, 0.6) is 0 Å². The minimum atomic E-state index is -3.32. The van der Waals surface area contributed by atoms with Crippen LogP contribution in [-0.2, 0) is 27.3 Å². The lowest BCUT2D eigenvalue weighted by molar-refractivity contribution is 0.301. The fraction of sp³-hybridized carbons (Fsp3) is 0.600. The molecule has 5 heteroatoms. The summed E-state index contributed by atoms with van der Waals surface area (Å²) in [4.78, 5) is 0. The van der Waals surface area contributed by atoms with Gasteiger partial charge >= 0.3 is 0 Å². The van der Waals surface area contributed by atoms with Gasteiger partial charge in [-0.15, -0.1) is 0 Å². The van der Waals surface area contributed by atoms with Gasteiger partial charge in [-0.05, 0) is 25.5 Å². The van der Waals surface area contributed by atoms with Crippen LogP contribution >= 0.6 is 0 Å². The quantitative estimate of drug-likeness (QED) is 0.718. The van der Waals surface area contributed by atoms with Gasteiger partial charge in [-0.2, -0.15) is 8.42 Å². The molecule has 0 aliphatic carbocycles. The number of aryl methyl sites for hydroxylation is 2. The Labute approximate surface area is 91.0 Å². The number of aromatic nitrogens is 1. The third-order valence-electron chi connectivity index (χ3n) is 2.26. The second-order valence-corrected chi connectivity index (χ2v) is 5.14. The molecular formula is C10H17NO3S. The molecule has 0 saturated heterocycles. The van der Waals surface area contributed by atoms with E-state index in [2.05, 4.69) is 17.6 Å². The summed E-state index contributed by atoms with van der Waals surface area (Å²) in [5, 5.41) is 0. The Morgan fingerprint density at radius 3 is 2.60 bits per heavy atom. The summed E-state index contributed by atoms with van der Waals surface area (Å²) in [7, 11) is -3.32. The summed E-state index contributed by atoms with van der Waals surface area (Å²) in [6.07, 6.45) is 2.00. The Morgan fingerprint density at radius 2 is 2.07 bits per heavy atom. The van der Waals surface area contributed by atoms with E-state index in [0.29, 0.717) is 6.54 Å². The van der Waals surface area contributed by atoms with Crippen LogP contribution in [0.3, 0.4) is 0 Å². The lowest BCUT2D eigenvalue weighted by Crippen LogP contribution is -2.12. The van der Waals surface area contributed by atoms with Crippen LogP contribution in [0.15, 0.2) is 12.1 Å². The van der Waals surface area contributed by atoms with Gasteiger partial charge in [0.15, 0.2) is 0 Å². The maximum atomic E-state index is 10.8. The molecule has 86 valence electrons. The summed E-state index contributed by atoms with van der Waals surface area (Å²) < 4.78 is 28.3. The zero-order valence-electron chi connectivity index (χ0n) is 9.36. The van der Waals surface area contributed by atoms with Crippen LogP contribution in [-0.4, -0.2) is 25.8 Å². The highest BCUT2D eigenvalue weighted by atomic mass is 32.2. The normalized spacial score (nSPS) is 11.9. The number of rotatable bonds is 5. The maximum absolute atomic E-state index is 10.8. The molecule has 0 aromatic carbocycles. The van der Waals surface area contributed by atoms with Gasteiger partial charge in [-0.1, -0.05) is 6.92 Å². The van der Waals surface area contributed by atoms with Crippen LogP contribution in [0, 0.1) is 6.92 Å². The number of nitrogens with zero attached hydrogens (tertiary/aromatic N) is 1. The highest BCUT2D eigenvalue weighted by Crippen LogP contribution is 2.09. The largest absolute Gasteiger partial charge is 0.347 e. The van der Waals surface area contributed by atoms with Crippen LogP contribution in [0.25, 0.3) is 0 Å². The van der Waals surface area contributed by atoms with E-state index in [4.69, 9.17) is 4.18 Å². The van der Waals surface area contributed by atoms with E-state index in [-0.39, 0.29) is 6.61 Å². The highest BCUT2D eigenvalue weighted by Gasteiger charge is 2.05. The van der Waals surface area contributed by atoms with Gasteiger partial charge in [-0.3, -0.25) is 4.18 Å². The first-order valence-corrected chi connectivity index (χ1v) is 6.75. The van der Waals surface area contributed by atoms with Crippen LogP contribution in [0.4, 0.5) is 0 Å². The molecule has 1 rings (SSSR count). The molecule has 0 fully saturated rings. The molecule has 0 atom stereocenters. The third kappa shape index (κ3) is 3.68. The Kier molecular flexibility index (Phi) is 3.93. The average Bonchev–Trinajstić information content (AvgIpc) is 2.46. The predicted molar refractivity (Wildman–Crippen MR) is 59.3 cm³/mol. The molecule has 0 aliphatic rings. The van der Waals surface area contributed by atoms with E-state index >= 15 is 0 Å². The van der Waals surface area contributed by atoms with E-state index < -0.39 is 10.1 Å². The van der Waals surface area contributed by atoms with Gasteiger partial charge in [-0.25, -0.2) is 0 Å². The molecule has 1 aromatic rings. The molecule has 0 unspecified atom stereocenters. The van der Waals surface area contributed by atoms with E-state index in [1.165, 1.54) is 5.69 Å². The van der Waals surface area contributed by atoms with Crippen molar-refractivity contribution in [3.05, 3.63) is 23.5 Å². The third-order valence-corrected chi connectivity index (χ3v) is 2.86. The summed E-state index contributed by atoms with van der Waals surface area (Å²) in [5.41, 5.74) is 2.33. The summed E-state index contributed by atoms with van der Waals surface area (Å²) >= 11 is 0. The van der Waals surface area contributed by atoms with Gasteiger partial charge in [0.1, 0.15) is 0 Å². The van der Waals surface area contributed by atoms with Crippen molar-refractivity contribution in [1.82, 2.24) is 4.57 Å². The first kappa shape index (κ1) is 12.3. The highest BCUT2D eigenvalue weighted by molar-refractivity contribution is 7.85. The zero-order valence-corrected chi connectivity index (χ0v) is 10.2. The van der Waals surface area contributed by atoms with Gasteiger partial charge < -0.3 is 4.57 Å². The number of hydrogen-bond donors (Lipinski definition) is 0. The Morgan fingerprint density at radius 1 is 1.40 bits per heavy atom. The second kappa shape index (κ2) is 4.81. The lowest BCUT2D eigenvalue weighted by Gasteiger charge is -2.09. The van der Waals surface area contributed by atoms with Gasteiger partial charge in [0.2, 0.25) is 0 Å². The first-order chi connectivity index (χ1) is 6.94. The van der Waals surface area contributed by atoms with Crippen molar-refractivity contribution in [1.29, 1.82) is 0 Å². The molecule has 0 radical (unpaired) electrons. The van der Waals surface area contributed by atoms with Crippen molar-refractivity contribution in [2.75, 3.05) is 12.9 Å². The van der Waals surface area contributed by atoms with Crippen molar-refractivity contribution < 1.29 is 12.6 Å². The van der Waals surface area contributed by atoms with E-state index in [0.717, 1.165) is 18.4 Å². The van der Waals surface area contributed by atoms with Crippen LogP contribution in [0.1, 0.15) is 18.3 Å². The topological polar surface area (TPSA) is 48.3 Å². The molecule has 1 heterocycles. The SMILES string of the molecule is CCc1ccc(C)n1CCOS(C)(=O)=O. The molecule has 4 nitrogen and oxygen atoms in total. The Hall–Kier alpha value is -0.810. The summed E-state index contributed by atoms with van der Waals surface area (Å²) in [5.74, 6) is 0. The molecule has 0 saturated carbocycles. The molecule has 0 bridgehead atoms. The van der Waals surface area contributed by atoms with Crippen molar-refractivity contribution in [2.45, 2.75) is 26.8 Å². The van der Waals surface area contributed by atoms with E-state index in [9.17, 15) is 8.42 Å². The van der Waals surface area contributed by atoms with Gasteiger partial charge in [0.25, 0.3) is 10.1 Å². The van der Waals surface area contributed by atoms with Gasteiger partial charge in [0.05, 0.1) is 12.9 Å². The fourth-order valence-corrected chi connectivity index (χ4v) is 1.91. The summed E-state index contributed by atoms with van der Waals surface area (Å²) in [6, 6.07) is 4.08. The molecule has 0 amide bonds. The summed E-state index contributed by atoms with van der Waals surface area (Å²) in [6.45, 7) is 4.85. The predicted octanol–water partition coefficient (Wildman–Crippen LogP) is 1.34. The van der Waals surface area contributed by atoms with Crippen molar-refractivity contribution in [3.8, 4) is 0 Å². The van der Waals surface area contributed by atoms with Crippen molar-refractivity contribution in [3.63, 3.8) is 0 Å². The van der Waals surface area contributed by atoms with E-state index in [1.54, 1.807) is 0 Å². The van der Waals surface area contributed by atoms with Gasteiger partial charge in [0, 0.05) is 17.9 Å². The monoisotopic (exact) mass is 231 g/mol. The molecule has 15 heavy (non-hydrogen) atoms. The van der Waals surface area contributed by atoms with Crippen LogP contribution < -0.4 is 0 Å². The van der Waals surface area contributed by atoms with E-state index in [1.807, 2.05) is 13.0 Å². The molecule has 0 aliphatic heterocycles. The molecule has 1 aromatic heterocycles. The minimum Gasteiger partial charge on any atom is -0.347 e. The van der Waals surface area contributed by atoms with Crippen molar-refractivity contribution in [2.24, 2.45) is 0 Å². The average molecular weight is 231 g/mol. The Balaban J connectivity index is 2.61. The molecule has 0 spiro atoms. The van der Waals surface area contributed by atoms with Crippen LogP contribution in [0.2, 0.25) is 0 Å². The second-order valence-electron chi connectivity index (χ2n) is 3.50. The zero-order chi connectivity index (χ0) is 11.5. The molecule has 0 N–H and O–H groups in total. The smallest absolute Gasteiger partial charge is 0.264 e. The lowest BCUT2D eigenvalue weighted by atomic mass is 10.3. The first-order valence-electron chi connectivity index (χ1n) is 4.93. The Bertz CT molecular complexity index is 420. The number of hydrogen-bond acceptors (Lipinski definition) is 3.